The number of aliphatic hydroxyl groups is 1. The minimum Gasteiger partial charge on any atom is -0.388 e. The maximum Gasteiger partial charge on any atom is 0.137 e. The Kier molecular flexibility index (Phi) is 2.99. The first-order chi connectivity index (χ1) is 8.15. The molecule has 2 aliphatic rings. The van der Waals surface area contributed by atoms with Gasteiger partial charge in [0, 0.05) is 0 Å². The van der Waals surface area contributed by atoms with Gasteiger partial charge in [0.05, 0.1) is 10.6 Å². The molecule has 1 nitrogen and oxygen atoms in total. The van der Waals surface area contributed by atoms with E-state index in [-0.39, 0.29) is 5.82 Å². The lowest BCUT2D eigenvalue weighted by Gasteiger charge is -2.27. The van der Waals surface area contributed by atoms with Crippen molar-refractivity contribution in [3.05, 3.63) is 34.1 Å². The Labute approximate surface area is 109 Å². The summed E-state index contributed by atoms with van der Waals surface area (Å²) in [7, 11) is 0. The average molecular weight is 299 g/mol. The third kappa shape index (κ3) is 2.04. The molecular formula is C14H16BrFO. The summed E-state index contributed by atoms with van der Waals surface area (Å²) in [5.41, 5.74) is 0.843. The predicted octanol–water partition coefficient (Wildman–Crippen LogP) is 4.06. The Hall–Kier alpha value is -0.410. The fourth-order valence-corrected chi connectivity index (χ4v) is 4.02. The molecule has 2 saturated carbocycles. The van der Waals surface area contributed by atoms with Crippen molar-refractivity contribution in [3.63, 3.8) is 0 Å². The number of hydrogen-bond acceptors (Lipinski definition) is 1. The highest BCUT2D eigenvalue weighted by Crippen LogP contribution is 2.52. The van der Waals surface area contributed by atoms with Gasteiger partial charge in [-0.1, -0.05) is 12.5 Å². The molecule has 0 aliphatic heterocycles. The van der Waals surface area contributed by atoms with Crippen LogP contribution < -0.4 is 0 Å². The summed E-state index contributed by atoms with van der Waals surface area (Å²) in [5.74, 6) is 1.61. The molecule has 0 amide bonds. The van der Waals surface area contributed by atoms with Crippen LogP contribution in [0, 0.1) is 23.6 Å². The number of fused-ring (bicyclic) bond motifs is 2. The first-order valence-electron chi connectivity index (χ1n) is 6.28. The van der Waals surface area contributed by atoms with E-state index >= 15 is 0 Å². The van der Waals surface area contributed by atoms with E-state index in [0.29, 0.717) is 16.3 Å². The van der Waals surface area contributed by atoms with Crippen LogP contribution in [0.1, 0.15) is 37.4 Å². The molecule has 2 fully saturated rings. The van der Waals surface area contributed by atoms with E-state index in [1.54, 1.807) is 12.1 Å². The monoisotopic (exact) mass is 298 g/mol. The van der Waals surface area contributed by atoms with E-state index in [1.165, 1.54) is 25.3 Å². The maximum absolute atomic E-state index is 13.2. The zero-order valence-corrected chi connectivity index (χ0v) is 11.2. The van der Waals surface area contributed by atoms with E-state index in [2.05, 4.69) is 15.9 Å². The summed E-state index contributed by atoms with van der Waals surface area (Å²) in [6, 6.07) is 4.85. The van der Waals surface area contributed by atoms with Gasteiger partial charge in [0.25, 0.3) is 0 Å². The molecule has 4 atom stereocenters. The molecule has 4 unspecified atom stereocenters. The molecule has 2 bridgehead atoms. The van der Waals surface area contributed by atoms with Crippen molar-refractivity contribution in [1.29, 1.82) is 0 Å². The lowest BCUT2D eigenvalue weighted by molar-refractivity contribution is 0.0744. The van der Waals surface area contributed by atoms with Gasteiger partial charge in [0.1, 0.15) is 5.82 Å². The van der Waals surface area contributed by atoms with Gasteiger partial charge in [-0.15, -0.1) is 0 Å². The van der Waals surface area contributed by atoms with Gasteiger partial charge >= 0.3 is 0 Å². The van der Waals surface area contributed by atoms with Crippen molar-refractivity contribution in [2.24, 2.45) is 17.8 Å². The fourth-order valence-electron chi connectivity index (χ4n) is 3.62. The number of halogens is 2. The smallest absolute Gasteiger partial charge is 0.137 e. The molecule has 0 radical (unpaired) electrons. The standard InChI is InChI=1S/C14H16BrFO/c15-12-7-10(3-4-13(12)16)14(17)11-6-8-1-2-9(11)5-8/h3-4,7-9,11,14,17H,1-2,5-6H2. The van der Waals surface area contributed by atoms with Crippen LogP contribution in [0.25, 0.3) is 0 Å². The van der Waals surface area contributed by atoms with Crippen LogP contribution in [0.2, 0.25) is 0 Å². The summed E-state index contributed by atoms with van der Waals surface area (Å²) in [5, 5.41) is 10.4. The molecule has 0 saturated heterocycles. The van der Waals surface area contributed by atoms with Gasteiger partial charge < -0.3 is 5.11 Å². The van der Waals surface area contributed by atoms with E-state index in [1.807, 2.05) is 0 Å². The second kappa shape index (κ2) is 4.36. The molecule has 3 heteroatoms. The van der Waals surface area contributed by atoms with Gasteiger partial charge in [-0.2, -0.15) is 0 Å². The molecule has 1 aromatic rings. The fraction of sp³-hybridized carbons (Fsp3) is 0.571. The van der Waals surface area contributed by atoms with Crippen LogP contribution >= 0.6 is 15.9 Å². The normalized spacial score (nSPS) is 33.0. The highest BCUT2D eigenvalue weighted by atomic mass is 79.9. The van der Waals surface area contributed by atoms with Crippen molar-refractivity contribution >= 4 is 15.9 Å². The summed E-state index contributed by atoms with van der Waals surface area (Å²) >= 11 is 3.18. The zero-order valence-electron chi connectivity index (χ0n) is 9.57. The second-order valence-corrected chi connectivity index (χ2v) is 6.31. The minimum atomic E-state index is -0.429. The first kappa shape index (κ1) is 11.7. The van der Waals surface area contributed by atoms with Crippen molar-refractivity contribution in [1.82, 2.24) is 0 Å². The topological polar surface area (TPSA) is 20.2 Å². The van der Waals surface area contributed by atoms with Crippen molar-refractivity contribution in [2.75, 3.05) is 0 Å². The van der Waals surface area contributed by atoms with Crippen LogP contribution in [0.5, 0.6) is 0 Å². The minimum absolute atomic E-state index is 0.270. The molecule has 0 aromatic heterocycles. The van der Waals surface area contributed by atoms with Crippen LogP contribution in [-0.2, 0) is 0 Å². The summed E-state index contributed by atoms with van der Waals surface area (Å²) in [4.78, 5) is 0. The van der Waals surface area contributed by atoms with Crippen LogP contribution in [0.3, 0.4) is 0 Å². The number of aliphatic hydroxyl groups excluding tert-OH is 1. The Morgan fingerprint density at radius 1 is 1.29 bits per heavy atom. The molecule has 1 aromatic carbocycles. The molecule has 0 spiro atoms. The summed E-state index contributed by atoms with van der Waals surface area (Å²) in [6.07, 6.45) is 4.59. The lowest BCUT2D eigenvalue weighted by Crippen LogP contribution is -2.19. The van der Waals surface area contributed by atoms with E-state index < -0.39 is 6.10 Å². The predicted molar refractivity (Wildman–Crippen MR) is 68.0 cm³/mol. The third-order valence-electron chi connectivity index (χ3n) is 4.48. The Morgan fingerprint density at radius 2 is 2.12 bits per heavy atom. The van der Waals surface area contributed by atoms with E-state index in [9.17, 15) is 9.50 Å². The first-order valence-corrected chi connectivity index (χ1v) is 7.07. The molecule has 92 valence electrons. The molecule has 17 heavy (non-hydrogen) atoms. The number of hydrogen-bond donors (Lipinski definition) is 1. The quantitative estimate of drug-likeness (QED) is 0.873. The van der Waals surface area contributed by atoms with Gasteiger partial charge in [-0.05, 0) is 70.6 Å². The number of rotatable bonds is 2. The van der Waals surface area contributed by atoms with Gasteiger partial charge in [-0.25, -0.2) is 4.39 Å². The van der Waals surface area contributed by atoms with Crippen LogP contribution in [0.15, 0.2) is 22.7 Å². The zero-order chi connectivity index (χ0) is 12.0. The maximum atomic E-state index is 13.2. The SMILES string of the molecule is OC(c1ccc(F)c(Br)c1)C1CC2CCC1C2. The van der Waals surface area contributed by atoms with Gasteiger partial charge in [0.15, 0.2) is 0 Å². The average Bonchev–Trinajstić information content (AvgIpc) is 2.93. The van der Waals surface area contributed by atoms with Crippen LogP contribution in [0.4, 0.5) is 4.39 Å². The lowest BCUT2D eigenvalue weighted by atomic mass is 9.82. The van der Waals surface area contributed by atoms with Crippen molar-refractivity contribution in [2.45, 2.75) is 31.8 Å². The molecule has 1 N–H and O–H groups in total. The molecule has 3 rings (SSSR count). The Morgan fingerprint density at radius 3 is 2.71 bits per heavy atom. The Balaban J connectivity index is 1.81. The third-order valence-corrected chi connectivity index (χ3v) is 5.09. The Bertz CT molecular complexity index is 434. The number of benzene rings is 1. The molecular weight excluding hydrogens is 283 g/mol. The summed E-state index contributed by atoms with van der Waals surface area (Å²) in [6.45, 7) is 0. The molecule has 0 heterocycles. The largest absolute Gasteiger partial charge is 0.388 e. The van der Waals surface area contributed by atoms with E-state index in [4.69, 9.17) is 0 Å². The van der Waals surface area contributed by atoms with Crippen molar-refractivity contribution in [3.8, 4) is 0 Å². The highest BCUT2D eigenvalue weighted by Gasteiger charge is 2.43. The van der Waals surface area contributed by atoms with E-state index in [0.717, 1.165) is 17.9 Å². The van der Waals surface area contributed by atoms with Gasteiger partial charge in [0.2, 0.25) is 0 Å². The van der Waals surface area contributed by atoms with Crippen LogP contribution in [-0.4, -0.2) is 5.11 Å². The van der Waals surface area contributed by atoms with Gasteiger partial charge in [-0.3, -0.25) is 0 Å². The molecule has 2 aliphatic carbocycles. The second-order valence-electron chi connectivity index (χ2n) is 5.46. The van der Waals surface area contributed by atoms with Crippen molar-refractivity contribution < 1.29 is 9.50 Å². The summed E-state index contributed by atoms with van der Waals surface area (Å²) < 4.78 is 13.6. The highest BCUT2D eigenvalue weighted by molar-refractivity contribution is 9.10.